The lowest BCUT2D eigenvalue weighted by molar-refractivity contribution is -0.149. The molecule has 0 aromatic heterocycles. The Hall–Kier alpha value is -1.07. The van der Waals surface area contributed by atoms with Crippen molar-refractivity contribution >= 4 is 21.9 Å². The van der Waals surface area contributed by atoms with Crippen LogP contribution in [-0.2, 0) is 9.53 Å². The summed E-state index contributed by atoms with van der Waals surface area (Å²) in [5.74, 6) is -0.0444. The van der Waals surface area contributed by atoms with Crippen LogP contribution in [0.1, 0.15) is 12.8 Å². The van der Waals surface area contributed by atoms with E-state index in [2.05, 4.69) is 15.9 Å². The second-order valence-corrected chi connectivity index (χ2v) is 5.36. The molecular formula is C13H15BrO4. The first-order chi connectivity index (χ1) is 8.62. The van der Waals surface area contributed by atoms with Gasteiger partial charge in [0.1, 0.15) is 5.75 Å². The molecule has 1 aliphatic heterocycles. The van der Waals surface area contributed by atoms with Crippen molar-refractivity contribution in [1.29, 1.82) is 0 Å². The third kappa shape index (κ3) is 3.03. The van der Waals surface area contributed by atoms with Gasteiger partial charge in [0.15, 0.2) is 0 Å². The van der Waals surface area contributed by atoms with Crippen molar-refractivity contribution in [3.63, 3.8) is 0 Å². The third-order valence-corrected chi connectivity index (χ3v) is 3.75. The van der Waals surface area contributed by atoms with E-state index in [1.165, 1.54) is 0 Å². The maximum absolute atomic E-state index is 11.3. The second kappa shape index (κ2) is 5.71. The van der Waals surface area contributed by atoms with E-state index >= 15 is 0 Å². The molecule has 98 valence electrons. The number of rotatable bonds is 5. The number of carboxylic acid groups (broad SMARTS) is 1. The SMILES string of the molecule is O=C(O)C1(CCOc2ccc(Br)cc2)CCOC1. The highest BCUT2D eigenvalue weighted by atomic mass is 79.9. The highest BCUT2D eigenvalue weighted by molar-refractivity contribution is 9.10. The van der Waals surface area contributed by atoms with Crippen LogP contribution in [0.3, 0.4) is 0 Å². The number of hydrogen-bond donors (Lipinski definition) is 1. The molecule has 4 nitrogen and oxygen atoms in total. The van der Waals surface area contributed by atoms with Crippen molar-refractivity contribution in [3.8, 4) is 5.75 Å². The van der Waals surface area contributed by atoms with Crippen LogP contribution in [0.2, 0.25) is 0 Å². The average Bonchev–Trinajstić information content (AvgIpc) is 2.82. The van der Waals surface area contributed by atoms with Crippen LogP contribution in [0.15, 0.2) is 28.7 Å². The van der Waals surface area contributed by atoms with Crippen LogP contribution in [0.4, 0.5) is 0 Å². The molecule has 0 radical (unpaired) electrons. The fourth-order valence-electron chi connectivity index (χ4n) is 1.98. The van der Waals surface area contributed by atoms with Gasteiger partial charge >= 0.3 is 5.97 Å². The lowest BCUT2D eigenvalue weighted by atomic mass is 9.84. The zero-order valence-electron chi connectivity index (χ0n) is 9.89. The number of carbonyl (C=O) groups is 1. The van der Waals surface area contributed by atoms with Gasteiger partial charge in [-0.2, -0.15) is 0 Å². The number of ether oxygens (including phenoxy) is 2. The Morgan fingerprint density at radius 2 is 2.17 bits per heavy atom. The normalized spacial score (nSPS) is 22.9. The molecular weight excluding hydrogens is 300 g/mol. The van der Waals surface area contributed by atoms with Gasteiger partial charge in [-0.25, -0.2) is 0 Å². The highest BCUT2D eigenvalue weighted by Gasteiger charge is 2.42. The Kier molecular flexibility index (Phi) is 4.24. The number of benzene rings is 1. The van der Waals surface area contributed by atoms with E-state index < -0.39 is 11.4 Å². The third-order valence-electron chi connectivity index (χ3n) is 3.22. The Bertz CT molecular complexity index is 410. The van der Waals surface area contributed by atoms with Crippen molar-refractivity contribution < 1.29 is 19.4 Å². The molecule has 1 aromatic rings. The molecule has 1 N–H and O–H groups in total. The summed E-state index contributed by atoms with van der Waals surface area (Å²) >= 11 is 3.35. The summed E-state index contributed by atoms with van der Waals surface area (Å²) in [7, 11) is 0. The lowest BCUT2D eigenvalue weighted by Crippen LogP contribution is -2.33. The first kappa shape index (κ1) is 13.4. The van der Waals surface area contributed by atoms with E-state index in [4.69, 9.17) is 9.47 Å². The van der Waals surface area contributed by atoms with E-state index in [-0.39, 0.29) is 6.61 Å². The molecule has 0 amide bonds. The molecule has 0 aliphatic carbocycles. The topological polar surface area (TPSA) is 55.8 Å². The first-order valence-corrected chi connectivity index (χ1v) is 6.61. The summed E-state index contributed by atoms with van der Waals surface area (Å²) in [6, 6.07) is 7.48. The number of hydrogen-bond acceptors (Lipinski definition) is 3. The minimum Gasteiger partial charge on any atom is -0.494 e. The van der Waals surface area contributed by atoms with Crippen molar-refractivity contribution in [2.45, 2.75) is 12.8 Å². The van der Waals surface area contributed by atoms with Crippen LogP contribution in [0, 0.1) is 5.41 Å². The van der Waals surface area contributed by atoms with Gasteiger partial charge in [0.2, 0.25) is 0 Å². The maximum atomic E-state index is 11.3. The summed E-state index contributed by atoms with van der Waals surface area (Å²) in [6.45, 7) is 1.19. The van der Waals surface area contributed by atoms with Crippen LogP contribution < -0.4 is 4.74 Å². The van der Waals surface area contributed by atoms with Gasteiger partial charge < -0.3 is 14.6 Å². The smallest absolute Gasteiger partial charge is 0.312 e. The molecule has 0 bridgehead atoms. The number of halogens is 1. The lowest BCUT2D eigenvalue weighted by Gasteiger charge is -2.21. The molecule has 1 unspecified atom stereocenters. The first-order valence-electron chi connectivity index (χ1n) is 5.82. The fraction of sp³-hybridized carbons (Fsp3) is 0.462. The van der Waals surface area contributed by atoms with Crippen molar-refractivity contribution in [3.05, 3.63) is 28.7 Å². The van der Waals surface area contributed by atoms with Gasteiger partial charge in [0, 0.05) is 11.1 Å². The van der Waals surface area contributed by atoms with E-state index in [1.807, 2.05) is 24.3 Å². The zero-order chi connectivity index (χ0) is 13.0. The van der Waals surface area contributed by atoms with E-state index in [0.29, 0.717) is 26.1 Å². The molecule has 0 saturated carbocycles. The molecule has 5 heteroatoms. The van der Waals surface area contributed by atoms with Crippen LogP contribution in [0.25, 0.3) is 0 Å². The summed E-state index contributed by atoms with van der Waals surface area (Å²) in [4.78, 5) is 11.3. The molecule has 1 saturated heterocycles. The van der Waals surface area contributed by atoms with Gasteiger partial charge in [-0.3, -0.25) is 4.79 Å². The predicted octanol–water partition coefficient (Wildman–Crippen LogP) is 2.71. The number of aliphatic carboxylic acids is 1. The van der Waals surface area contributed by atoms with Crippen molar-refractivity contribution in [2.24, 2.45) is 5.41 Å². The van der Waals surface area contributed by atoms with Gasteiger partial charge in [0.25, 0.3) is 0 Å². The highest BCUT2D eigenvalue weighted by Crippen LogP contribution is 2.32. The Morgan fingerprint density at radius 1 is 1.44 bits per heavy atom. The van der Waals surface area contributed by atoms with Crippen LogP contribution in [-0.4, -0.2) is 30.9 Å². The van der Waals surface area contributed by atoms with Crippen LogP contribution >= 0.6 is 15.9 Å². The standard InChI is InChI=1S/C13H15BrO4/c14-10-1-3-11(4-2-10)18-8-6-13(12(15)16)5-7-17-9-13/h1-4H,5-9H2,(H,15,16). The number of carboxylic acids is 1. The Morgan fingerprint density at radius 3 is 2.72 bits per heavy atom. The molecule has 1 aliphatic rings. The summed E-state index contributed by atoms with van der Waals surface area (Å²) in [5.41, 5.74) is -0.768. The monoisotopic (exact) mass is 314 g/mol. The fourth-order valence-corrected chi connectivity index (χ4v) is 2.24. The molecule has 1 fully saturated rings. The Balaban J connectivity index is 1.87. The van der Waals surface area contributed by atoms with E-state index in [0.717, 1.165) is 10.2 Å². The summed E-state index contributed by atoms with van der Waals surface area (Å²) in [6.07, 6.45) is 1.03. The molecule has 1 atom stereocenters. The molecule has 1 aromatic carbocycles. The minimum absolute atomic E-state index is 0.284. The van der Waals surface area contributed by atoms with E-state index in [1.54, 1.807) is 0 Å². The van der Waals surface area contributed by atoms with E-state index in [9.17, 15) is 9.90 Å². The Labute approximate surface area is 114 Å². The predicted molar refractivity (Wildman–Crippen MR) is 69.8 cm³/mol. The average molecular weight is 315 g/mol. The van der Waals surface area contributed by atoms with Gasteiger partial charge in [-0.1, -0.05) is 15.9 Å². The molecule has 2 rings (SSSR count). The summed E-state index contributed by atoms with van der Waals surface area (Å²) < 4.78 is 11.7. The largest absolute Gasteiger partial charge is 0.494 e. The molecule has 1 heterocycles. The zero-order valence-corrected chi connectivity index (χ0v) is 11.5. The van der Waals surface area contributed by atoms with Gasteiger partial charge in [-0.05, 0) is 37.1 Å². The van der Waals surface area contributed by atoms with Gasteiger partial charge in [0.05, 0.1) is 18.6 Å². The van der Waals surface area contributed by atoms with Gasteiger partial charge in [-0.15, -0.1) is 0 Å². The van der Waals surface area contributed by atoms with Crippen molar-refractivity contribution in [2.75, 3.05) is 19.8 Å². The molecule has 18 heavy (non-hydrogen) atoms. The minimum atomic E-state index is -0.792. The quantitative estimate of drug-likeness (QED) is 0.908. The second-order valence-electron chi connectivity index (χ2n) is 4.44. The van der Waals surface area contributed by atoms with Crippen molar-refractivity contribution in [1.82, 2.24) is 0 Å². The molecule has 0 spiro atoms. The maximum Gasteiger partial charge on any atom is 0.312 e. The summed E-state index contributed by atoms with van der Waals surface area (Å²) in [5, 5.41) is 9.26. The van der Waals surface area contributed by atoms with Crippen LogP contribution in [0.5, 0.6) is 5.75 Å².